The second-order valence-corrected chi connectivity index (χ2v) is 6.36. The summed E-state index contributed by atoms with van der Waals surface area (Å²) in [4.78, 5) is 32.7. The Bertz CT molecular complexity index is 1030. The summed E-state index contributed by atoms with van der Waals surface area (Å²) in [7, 11) is 0. The van der Waals surface area contributed by atoms with Gasteiger partial charge in [-0.05, 0) is 51.0 Å². The normalized spacial score (nSPS) is 12.0. The number of carbonyl (C=O) groups is 2. The molecule has 28 heavy (non-hydrogen) atoms. The van der Waals surface area contributed by atoms with E-state index in [2.05, 4.69) is 20.4 Å². The van der Waals surface area contributed by atoms with Crippen molar-refractivity contribution in [2.75, 3.05) is 5.32 Å². The number of aromatic nitrogens is 4. The van der Waals surface area contributed by atoms with Gasteiger partial charge in [-0.1, -0.05) is 6.07 Å². The molecule has 8 nitrogen and oxygen atoms in total. The lowest BCUT2D eigenvalue weighted by atomic mass is 10.1. The van der Waals surface area contributed by atoms with Crippen molar-refractivity contribution in [3.8, 4) is 0 Å². The summed E-state index contributed by atoms with van der Waals surface area (Å²) < 4.78 is 20.0. The molecule has 0 aliphatic rings. The molecule has 9 heteroatoms. The van der Waals surface area contributed by atoms with Gasteiger partial charge in [-0.25, -0.2) is 13.9 Å². The summed E-state index contributed by atoms with van der Waals surface area (Å²) in [6.07, 6.45) is 0.901. The van der Waals surface area contributed by atoms with Crippen molar-refractivity contribution in [3.05, 3.63) is 53.4 Å². The maximum Gasteiger partial charge on any atom is 0.306 e. The van der Waals surface area contributed by atoms with Crippen LogP contribution in [0.15, 0.2) is 30.6 Å². The third-order valence-corrected chi connectivity index (χ3v) is 4.34. The predicted octanol–water partition coefficient (Wildman–Crippen LogP) is 2.38. The minimum absolute atomic E-state index is 0.0845. The van der Waals surface area contributed by atoms with Gasteiger partial charge in [-0.15, -0.1) is 0 Å². The molecule has 1 N–H and O–H groups in total. The zero-order valence-corrected chi connectivity index (χ0v) is 15.8. The summed E-state index contributed by atoms with van der Waals surface area (Å²) >= 11 is 0. The Morgan fingerprint density at radius 3 is 2.86 bits per heavy atom. The molecule has 0 fully saturated rings. The van der Waals surface area contributed by atoms with Crippen molar-refractivity contribution in [3.63, 3.8) is 0 Å². The molecule has 1 aromatic carbocycles. The number of ether oxygens (including phenoxy) is 1. The van der Waals surface area contributed by atoms with Gasteiger partial charge in [0.2, 0.25) is 0 Å². The lowest BCUT2D eigenvalue weighted by Gasteiger charge is -2.14. The van der Waals surface area contributed by atoms with Crippen LogP contribution in [-0.2, 0) is 20.7 Å². The van der Waals surface area contributed by atoms with E-state index >= 15 is 0 Å². The Labute approximate surface area is 160 Å². The zero-order valence-electron chi connectivity index (χ0n) is 15.8. The number of esters is 1. The number of nitrogens with one attached hydrogen (secondary N) is 1. The SMILES string of the molecule is Cc1nc2ncnn2c(C)c1CCC(=O)OC(C)C(=O)Nc1cccc(F)c1. The number of nitrogens with zero attached hydrogens (tertiary/aromatic N) is 4. The predicted molar refractivity (Wildman–Crippen MR) is 99.2 cm³/mol. The van der Waals surface area contributed by atoms with Gasteiger partial charge in [0.1, 0.15) is 12.1 Å². The van der Waals surface area contributed by atoms with Gasteiger partial charge in [0.05, 0.1) is 0 Å². The van der Waals surface area contributed by atoms with Crippen LogP contribution in [-0.4, -0.2) is 37.6 Å². The molecule has 146 valence electrons. The fourth-order valence-electron chi connectivity index (χ4n) is 2.86. The first-order chi connectivity index (χ1) is 13.3. The fraction of sp³-hybridized carbons (Fsp3) is 0.316. The number of amides is 1. The topological polar surface area (TPSA) is 98.5 Å². The van der Waals surface area contributed by atoms with Crippen LogP contribution in [0, 0.1) is 19.7 Å². The number of anilines is 1. The minimum Gasteiger partial charge on any atom is -0.453 e. The lowest BCUT2D eigenvalue weighted by Crippen LogP contribution is -2.30. The summed E-state index contributed by atoms with van der Waals surface area (Å²) in [5, 5.41) is 6.62. The molecular weight excluding hydrogens is 365 g/mol. The number of hydrogen-bond acceptors (Lipinski definition) is 6. The van der Waals surface area contributed by atoms with Crippen molar-refractivity contribution in [2.24, 2.45) is 0 Å². The van der Waals surface area contributed by atoms with E-state index in [9.17, 15) is 14.0 Å². The first kappa shape index (κ1) is 19.4. The number of carbonyl (C=O) groups excluding carboxylic acids is 2. The largest absolute Gasteiger partial charge is 0.453 e. The van der Waals surface area contributed by atoms with Crippen LogP contribution < -0.4 is 5.32 Å². The quantitative estimate of drug-likeness (QED) is 0.654. The smallest absolute Gasteiger partial charge is 0.306 e. The Morgan fingerprint density at radius 1 is 1.32 bits per heavy atom. The molecule has 1 amide bonds. The molecule has 0 spiro atoms. The molecule has 0 saturated heterocycles. The van der Waals surface area contributed by atoms with E-state index in [-0.39, 0.29) is 6.42 Å². The average Bonchev–Trinajstić information content (AvgIpc) is 3.10. The number of halogens is 1. The zero-order chi connectivity index (χ0) is 20.3. The highest BCUT2D eigenvalue weighted by atomic mass is 19.1. The molecule has 3 aromatic rings. The first-order valence-electron chi connectivity index (χ1n) is 8.77. The van der Waals surface area contributed by atoms with Gasteiger partial charge in [0.15, 0.2) is 6.10 Å². The Balaban J connectivity index is 1.57. The first-order valence-corrected chi connectivity index (χ1v) is 8.77. The highest BCUT2D eigenvalue weighted by Crippen LogP contribution is 2.16. The Morgan fingerprint density at radius 2 is 2.11 bits per heavy atom. The molecule has 3 rings (SSSR count). The standard InChI is InChI=1S/C19H20FN5O3/c1-11-16(12(2)25-19(23-11)21-10-22-25)7-8-17(26)28-13(3)18(27)24-15-6-4-5-14(20)9-15/h4-6,9-10,13H,7-8H2,1-3H3,(H,24,27). The van der Waals surface area contributed by atoms with E-state index < -0.39 is 23.8 Å². The van der Waals surface area contributed by atoms with Gasteiger partial charge in [-0.2, -0.15) is 10.1 Å². The minimum atomic E-state index is -1.01. The van der Waals surface area contributed by atoms with Crippen molar-refractivity contribution < 1.29 is 18.7 Å². The second-order valence-electron chi connectivity index (χ2n) is 6.36. The number of aryl methyl sites for hydroxylation is 2. The monoisotopic (exact) mass is 385 g/mol. The van der Waals surface area contributed by atoms with Crippen LogP contribution in [0.3, 0.4) is 0 Å². The lowest BCUT2D eigenvalue weighted by molar-refractivity contribution is -0.153. The number of rotatable bonds is 6. The van der Waals surface area contributed by atoms with E-state index in [4.69, 9.17) is 4.74 Å². The van der Waals surface area contributed by atoms with Crippen LogP contribution >= 0.6 is 0 Å². The van der Waals surface area contributed by atoms with Crippen molar-refractivity contribution >= 4 is 23.3 Å². The van der Waals surface area contributed by atoms with Gasteiger partial charge in [0.25, 0.3) is 11.7 Å². The number of fused-ring (bicyclic) bond motifs is 1. The van der Waals surface area contributed by atoms with E-state index in [1.807, 2.05) is 13.8 Å². The maximum absolute atomic E-state index is 13.2. The van der Waals surface area contributed by atoms with E-state index in [1.54, 1.807) is 10.6 Å². The van der Waals surface area contributed by atoms with Crippen LogP contribution in [0.4, 0.5) is 10.1 Å². The van der Waals surface area contributed by atoms with Crippen LogP contribution in [0.5, 0.6) is 0 Å². The molecule has 0 radical (unpaired) electrons. The van der Waals surface area contributed by atoms with Gasteiger partial charge >= 0.3 is 5.97 Å². The van der Waals surface area contributed by atoms with Crippen molar-refractivity contribution in [2.45, 2.75) is 39.7 Å². The molecule has 2 aromatic heterocycles. The molecule has 1 atom stereocenters. The van der Waals surface area contributed by atoms with Gasteiger partial charge < -0.3 is 10.1 Å². The molecule has 1 unspecified atom stereocenters. The summed E-state index contributed by atoms with van der Waals surface area (Å²) in [6, 6.07) is 5.49. The molecule has 0 saturated carbocycles. The number of hydrogen-bond donors (Lipinski definition) is 1. The highest BCUT2D eigenvalue weighted by Gasteiger charge is 2.19. The van der Waals surface area contributed by atoms with Crippen LogP contribution in [0.1, 0.15) is 30.3 Å². The average molecular weight is 385 g/mol. The molecule has 0 aliphatic heterocycles. The fourth-order valence-corrected chi connectivity index (χ4v) is 2.86. The van der Waals surface area contributed by atoms with E-state index in [0.29, 0.717) is 17.9 Å². The second kappa shape index (κ2) is 8.12. The van der Waals surface area contributed by atoms with Gasteiger partial charge in [0, 0.05) is 23.5 Å². The maximum atomic E-state index is 13.2. The third kappa shape index (κ3) is 4.30. The van der Waals surface area contributed by atoms with Crippen molar-refractivity contribution in [1.29, 1.82) is 0 Å². The summed E-state index contributed by atoms with van der Waals surface area (Å²) in [6.45, 7) is 5.19. The molecule has 0 aliphatic carbocycles. The summed E-state index contributed by atoms with van der Waals surface area (Å²) in [5.41, 5.74) is 2.80. The van der Waals surface area contributed by atoms with Crippen LogP contribution in [0.2, 0.25) is 0 Å². The van der Waals surface area contributed by atoms with Crippen molar-refractivity contribution in [1.82, 2.24) is 19.6 Å². The Kier molecular flexibility index (Phi) is 5.62. The van der Waals surface area contributed by atoms with E-state index in [0.717, 1.165) is 17.0 Å². The number of benzene rings is 1. The van der Waals surface area contributed by atoms with E-state index in [1.165, 1.54) is 31.5 Å². The summed E-state index contributed by atoms with van der Waals surface area (Å²) in [5.74, 6) is -1.01. The molecule has 2 heterocycles. The molecular formula is C19H20FN5O3. The van der Waals surface area contributed by atoms with Gasteiger partial charge in [-0.3, -0.25) is 9.59 Å². The molecule has 0 bridgehead atoms. The van der Waals surface area contributed by atoms with Crippen LogP contribution in [0.25, 0.3) is 5.78 Å². The highest BCUT2D eigenvalue weighted by molar-refractivity contribution is 5.95. The third-order valence-electron chi connectivity index (χ3n) is 4.34. The Hall–Kier alpha value is -3.36.